The van der Waals surface area contributed by atoms with E-state index >= 15 is 0 Å². The van der Waals surface area contributed by atoms with Gasteiger partial charge in [-0.2, -0.15) is 0 Å². The van der Waals surface area contributed by atoms with Gasteiger partial charge in [0.15, 0.2) is 0 Å². The fourth-order valence-electron chi connectivity index (χ4n) is 3.96. The third kappa shape index (κ3) is 6.47. The highest BCUT2D eigenvalue weighted by molar-refractivity contribution is 6.04. The van der Waals surface area contributed by atoms with Gasteiger partial charge in [-0.1, -0.05) is 25.1 Å². The highest BCUT2D eigenvalue weighted by atomic mass is 16.5. The van der Waals surface area contributed by atoms with Gasteiger partial charge in [-0.15, -0.1) is 0 Å². The van der Waals surface area contributed by atoms with E-state index in [2.05, 4.69) is 27.8 Å². The van der Waals surface area contributed by atoms with Crippen molar-refractivity contribution in [2.24, 2.45) is 0 Å². The van der Waals surface area contributed by atoms with Crippen LogP contribution in [0.25, 0.3) is 0 Å². The largest absolute Gasteiger partial charge is 0.385 e. The number of anilines is 3. The Kier molecular flexibility index (Phi) is 8.92. The molecule has 32 heavy (non-hydrogen) atoms. The van der Waals surface area contributed by atoms with Crippen LogP contribution in [0.2, 0.25) is 0 Å². The molecule has 7 heteroatoms. The monoisotopic (exact) mass is 438 g/mol. The lowest BCUT2D eigenvalue weighted by molar-refractivity contribution is 0.0949. The number of benzene rings is 2. The Bertz CT molecular complexity index is 910. The molecule has 7 nitrogen and oxygen atoms in total. The highest BCUT2D eigenvalue weighted by Gasteiger charge is 2.19. The summed E-state index contributed by atoms with van der Waals surface area (Å²) in [6.45, 7) is 5.06. The maximum absolute atomic E-state index is 13.0. The number of carbonyl (C=O) groups is 2. The van der Waals surface area contributed by atoms with Crippen LogP contribution in [-0.4, -0.2) is 45.3 Å². The topological polar surface area (TPSA) is 82.7 Å². The Morgan fingerprint density at radius 3 is 2.56 bits per heavy atom. The third-order valence-electron chi connectivity index (χ3n) is 5.65. The molecule has 0 spiro atoms. The minimum atomic E-state index is -0.330. The van der Waals surface area contributed by atoms with Crippen molar-refractivity contribution in [2.75, 3.05) is 48.9 Å². The molecule has 172 valence electrons. The zero-order valence-corrected chi connectivity index (χ0v) is 19.1. The molecule has 0 saturated carbocycles. The first-order chi connectivity index (χ1) is 15.6. The van der Waals surface area contributed by atoms with E-state index in [0.29, 0.717) is 24.4 Å². The van der Waals surface area contributed by atoms with Crippen molar-refractivity contribution in [3.63, 3.8) is 0 Å². The second kappa shape index (κ2) is 12.1. The van der Waals surface area contributed by atoms with Gasteiger partial charge in [-0.3, -0.25) is 4.79 Å². The number of hydrogen-bond acceptors (Lipinski definition) is 4. The van der Waals surface area contributed by atoms with E-state index in [0.717, 1.165) is 55.7 Å². The molecule has 1 heterocycles. The van der Waals surface area contributed by atoms with Crippen LogP contribution < -0.4 is 20.9 Å². The summed E-state index contributed by atoms with van der Waals surface area (Å²) in [5.41, 5.74) is 3.93. The van der Waals surface area contributed by atoms with E-state index in [1.165, 1.54) is 6.42 Å². The fourth-order valence-corrected chi connectivity index (χ4v) is 3.96. The fraction of sp³-hybridized carbons (Fsp3) is 0.440. The van der Waals surface area contributed by atoms with E-state index in [-0.39, 0.29) is 11.9 Å². The second-order valence-corrected chi connectivity index (χ2v) is 7.97. The van der Waals surface area contributed by atoms with Crippen molar-refractivity contribution in [3.05, 3.63) is 53.6 Å². The van der Waals surface area contributed by atoms with E-state index in [4.69, 9.17) is 4.74 Å². The minimum absolute atomic E-state index is 0.137. The number of ether oxygens (including phenoxy) is 1. The minimum Gasteiger partial charge on any atom is -0.385 e. The van der Waals surface area contributed by atoms with Crippen LogP contribution in [0.1, 0.15) is 48.5 Å². The molecule has 0 bridgehead atoms. The van der Waals surface area contributed by atoms with Gasteiger partial charge in [0.1, 0.15) is 0 Å². The van der Waals surface area contributed by atoms with Gasteiger partial charge >= 0.3 is 6.03 Å². The lowest BCUT2D eigenvalue weighted by atomic mass is 10.1. The molecular weight excluding hydrogens is 404 g/mol. The first kappa shape index (κ1) is 23.6. The summed E-state index contributed by atoms with van der Waals surface area (Å²) in [5.74, 6) is -0.137. The Morgan fingerprint density at radius 2 is 1.81 bits per heavy atom. The van der Waals surface area contributed by atoms with E-state index in [9.17, 15) is 9.59 Å². The van der Waals surface area contributed by atoms with Crippen LogP contribution >= 0.6 is 0 Å². The molecule has 1 saturated heterocycles. The van der Waals surface area contributed by atoms with Crippen LogP contribution in [0.3, 0.4) is 0 Å². The quantitative estimate of drug-likeness (QED) is 0.498. The van der Waals surface area contributed by atoms with Gasteiger partial charge in [0, 0.05) is 50.4 Å². The van der Waals surface area contributed by atoms with Gasteiger partial charge in [-0.05, 0) is 61.9 Å². The third-order valence-corrected chi connectivity index (χ3v) is 5.65. The predicted molar refractivity (Wildman–Crippen MR) is 130 cm³/mol. The summed E-state index contributed by atoms with van der Waals surface area (Å²) < 4.78 is 5.06. The number of urea groups is 1. The van der Waals surface area contributed by atoms with Crippen molar-refractivity contribution >= 4 is 29.0 Å². The van der Waals surface area contributed by atoms with Crippen molar-refractivity contribution in [1.82, 2.24) is 5.32 Å². The van der Waals surface area contributed by atoms with Crippen molar-refractivity contribution in [1.29, 1.82) is 0 Å². The summed E-state index contributed by atoms with van der Waals surface area (Å²) in [5, 5.41) is 8.76. The number of hydrogen-bond donors (Lipinski definition) is 3. The standard InChI is InChI=1S/C25H34N4O3/c1-3-19-10-5-6-11-22(19)28-25(31)27-20-12-13-23(29-15-7-4-8-16-29)21(18-20)24(30)26-14-9-17-32-2/h5-6,10-13,18H,3-4,7-9,14-17H2,1-2H3,(H,26,30)(H2,27,28,31). The number of piperidine rings is 1. The van der Waals surface area contributed by atoms with Gasteiger partial charge in [-0.25, -0.2) is 4.79 Å². The van der Waals surface area contributed by atoms with Gasteiger partial charge in [0.2, 0.25) is 0 Å². The molecule has 2 aromatic carbocycles. The Balaban J connectivity index is 1.75. The molecule has 0 radical (unpaired) electrons. The van der Waals surface area contributed by atoms with Crippen LogP contribution in [0.15, 0.2) is 42.5 Å². The Morgan fingerprint density at radius 1 is 1.03 bits per heavy atom. The number of amides is 3. The SMILES string of the molecule is CCc1ccccc1NC(=O)Nc1ccc(N2CCCCC2)c(C(=O)NCCCOC)c1. The second-order valence-electron chi connectivity index (χ2n) is 7.97. The number of rotatable bonds is 9. The number of nitrogens with one attached hydrogen (secondary N) is 3. The molecule has 0 aliphatic carbocycles. The lowest BCUT2D eigenvalue weighted by Gasteiger charge is -2.30. The molecule has 3 amide bonds. The van der Waals surface area contributed by atoms with Crippen LogP contribution in [0, 0.1) is 0 Å². The van der Waals surface area contributed by atoms with Crippen LogP contribution in [0.4, 0.5) is 21.9 Å². The Labute approximate surface area is 190 Å². The van der Waals surface area contributed by atoms with E-state index in [1.54, 1.807) is 13.2 Å². The Hall–Kier alpha value is -3.06. The molecule has 0 unspecified atom stereocenters. The number of para-hydroxylation sites is 1. The van der Waals surface area contributed by atoms with E-state index < -0.39 is 0 Å². The van der Waals surface area contributed by atoms with Crippen molar-refractivity contribution in [3.8, 4) is 0 Å². The summed E-state index contributed by atoms with van der Waals surface area (Å²) in [6.07, 6.45) is 5.03. The van der Waals surface area contributed by atoms with Gasteiger partial charge < -0.3 is 25.6 Å². The maximum atomic E-state index is 13.0. The maximum Gasteiger partial charge on any atom is 0.323 e. The summed E-state index contributed by atoms with van der Waals surface area (Å²) >= 11 is 0. The van der Waals surface area contributed by atoms with Crippen molar-refractivity contribution < 1.29 is 14.3 Å². The molecule has 1 aliphatic heterocycles. The predicted octanol–water partition coefficient (Wildman–Crippen LogP) is 4.65. The molecule has 1 fully saturated rings. The number of carbonyl (C=O) groups excluding carboxylic acids is 2. The molecule has 0 atom stereocenters. The number of aryl methyl sites for hydroxylation is 1. The van der Waals surface area contributed by atoms with E-state index in [1.807, 2.05) is 36.4 Å². The van der Waals surface area contributed by atoms with Gasteiger partial charge in [0.25, 0.3) is 5.91 Å². The highest BCUT2D eigenvalue weighted by Crippen LogP contribution is 2.27. The first-order valence-electron chi connectivity index (χ1n) is 11.4. The zero-order chi connectivity index (χ0) is 22.8. The van der Waals surface area contributed by atoms with Crippen molar-refractivity contribution in [2.45, 2.75) is 39.0 Å². The molecule has 0 aromatic heterocycles. The normalized spacial score (nSPS) is 13.5. The van der Waals surface area contributed by atoms with Gasteiger partial charge in [0.05, 0.1) is 5.56 Å². The zero-order valence-electron chi connectivity index (χ0n) is 19.1. The summed E-state index contributed by atoms with van der Waals surface area (Å²) in [7, 11) is 1.65. The van der Waals surface area contributed by atoms with Crippen LogP contribution in [-0.2, 0) is 11.2 Å². The first-order valence-corrected chi connectivity index (χ1v) is 11.4. The molecule has 2 aromatic rings. The summed E-state index contributed by atoms with van der Waals surface area (Å²) in [6, 6.07) is 13.0. The lowest BCUT2D eigenvalue weighted by Crippen LogP contribution is -2.33. The molecule has 1 aliphatic rings. The van der Waals surface area contributed by atoms with Crippen LogP contribution in [0.5, 0.6) is 0 Å². The average molecular weight is 439 g/mol. The number of methoxy groups -OCH3 is 1. The molecular formula is C25H34N4O3. The number of nitrogens with zero attached hydrogens (tertiary/aromatic N) is 1. The average Bonchev–Trinajstić information content (AvgIpc) is 2.82. The smallest absolute Gasteiger partial charge is 0.323 e. The summed E-state index contributed by atoms with van der Waals surface area (Å²) in [4.78, 5) is 27.9. The molecule has 3 N–H and O–H groups in total. The molecule has 3 rings (SSSR count).